The molecule has 0 N–H and O–H groups in total. The fraction of sp³-hybridized carbons (Fsp3) is 0. The predicted octanol–water partition coefficient (Wildman–Crippen LogP) is 3.30. The molecule has 0 saturated heterocycles. The molecular weight excluding hydrogens is 202 g/mol. The van der Waals surface area contributed by atoms with Crippen molar-refractivity contribution in [1.29, 1.82) is 0 Å². The van der Waals surface area contributed by atoms with E-state index < -0.39 is 0 Å². The lowest BCUT2D eigenvalue weighted by atomic mass is 10.1. The summed E-state index contributed by atoms with van der Waals surface area (Å²) >= 11 is 0. The summed E-state index contributed by atoms with van der Waals surface area (Å²) in [5.41, 5.74) is 2.98. The lowest BCUT2D eigenvalue weighted by molar-refractivity contribution is 0.104. The molecular formula is C13H7NO2. The van der Waals surface area contributed by atoms with E-state index in [0.29, 0.717) is 11.1 Å². The van der Waals surface area contributed by atoms with E-state index in [-0.39, 0.29) is 11.5 Å². The van der Waals surface area contributed by atoms with Gasteiger partial charge in [0.05, 0.1) is 5.56 Å². The monoisotopic (exact) mass is 209 g/mol. The van der Waals surface area contributed by atoms with Gasteiger partial charge in [-0.3, -0.25) is 4.79 Å². The summed E-state index contributed by atoms with van der Waals surface area (Å²) < 4.78 is 0. The van der Waals surface area contributed by atoms with Gasteiger partial charge in [0, 0.05) is 5.56 Å². The van der Waals surface area contributed by atoms with Crippen LogP contribution in [0, 0.1) is 4.91 Å². The van der Waals surface area contributed by atoms with Crippen LogP contribution in [-0.4, -0.2) is 5.78 Å². The second-order valence-electron chi connectivity index (χ2n) is 3.67. The first-order valence-electron chi connectivity index (χ1n) is 4.93. The van der Waals surface area contributed by atoms with Crippen molar-refractivity contribution in [3.05, 3.63) is 58.5 Å². The lowest BCUT2D eigenvalue weighted by Crippen LogP contribution is -1.94. The first-order valence-corrected chi connectivity index (χ1v) is 4.93. The first kappa shape index (κ1) is 8.97. The van der Waals surface area contributed by atoms with Gasteiger partial charge >= 0.3 is 0 Å². The van der Waals surface area contributed by atoms with Crippen molar-refractivity contribution in [2.75, 3.05) is 0 Å². The van der Waals surface area contributed by atoms with Crippen LogP contribution in [0.15, 0.2) is 47.6 Å². The van der Waals surface area contributed by atoms with Crippen molar-refractivity contribution in [3.8, 4) is 11.1 Å². The lowest BCUT2D eigenvalue weighted by Gasteiger charge is -1.99. The Labute approximate surface area is 91.7 Å². The number of carbonyl (C=O) groups excluding carboxylic acids is 1. The van der Waals surface area contributed by atoms with Crippen LogP contribution in [0.1, 0.15) is 15.9 Å². The summed E-state index contributed by atoms with van der Waals surface area (Å²) in [6, 6.07) is 12.5. The van der Waals surface area contributed by atoms with E-state index in [4.69, 9.17) is 0 Å². The van der Waals surface area contributed by atoms with Crippen LogP contribution >= 0.6 is 0 Å². The molecule has 16 heavy (non-hydrogen) atoms. The molecule has 0 bridgehead atoms. The van der Waals surface area contributed by atoms with Gasteiger partial charge in [-0.25, -0.2) is 0 Å². The van der Waals surface area contributed by atoms with Gasteiger partial charge in [-0.1, -0.05) is 36.4 Å². The Morgan fingerprint density at radius 3 is 2.25 bits per heavy atom. The van der Waals surface area contributed by atoms with E-state index in [9.17, 15) is 9.70 Å². The highest BCUT2D eigenvalue weighted by Gasteiger charge is 2.28. The molecule has 0 heterocycles. The molecule has 0 atom stereocenters. The fourth-order valence-corrected chi connectivity index (χ4v) is 2.13. The van der Waals surface area contributed by atoms with Gasteiger partial charge in [-0.15, -0.1) is 4.91 Å². The number of nitrogens with zero attached hydrogens (tertiary/aromatic N) is 1. The largest absolute Gasteiger partial charge is 0.288 e. The maximum absolute atomic E-state index is 12.1. The minimum absolute atomic E-state index is 0.110. The van der Waals surface area contributed by atoms with Crippen molar-refractivity contribution < 1.29 is 4.79 Å². The summed E-state index contributed by atoms with van der Waals surface area (Å²) in [5.74, 6) is -0.110. The highest BCUT2D eigenvalue weighted by molar-refractivity contribution is 6.24. The molecule has 3 rings (SSSR count). The molecule has 1 aliphatic rings. The number of ketones is 1. The first-order chi connectivity index (χ1) is 7.83. The Morgan fingerprint density at radius 2 is 1.50 bits per heavy atom. The standard InChI is InChI=1S/C13H7NO2/c15-13-10-5-2-1-4-8(10)9-6-3-7-11(14-16)12(9)13/h1-7H. The number of nitroso groups, excluding NO2 is 1. The topological polar surface area (TPSA) is 46.5 Å². The van der Waals surface area contributed by atoms with E-state index in [1.54, 1.807) is 18.2 Å². The summed E-state index contributed by atoms with van der Waals surface area (Å²) in [7, 11) is 0. The zero-order valence-corrected chi connectivity index (χ0v) is 8.31. The van der Waals surface area contributed by atoms with Crippen LogP contribution < -0.4 is 0 Å². The van der Waals surface area contributed by atoms with Gasteiger partial charge < -0.3 is 0 Å². The average molecular weight is 209 g/mol. The highest BCUT2D eigenvalue weighted by Crippen LogP contribution is 2.40. The minimum Gasteiger partial charge on any atom is -0.288 e. The van der Waals surface area contributed by atoms with Crippen molar-refractivity contribution in [2.45, 2.75) is 0 Å². The smallest absolute Gasteiger partial charge is 0.196 e. The zero-order chi connectivity index (χ0) is 11.1. The SMILES string of the molecule is O=Nc1cccc2c1C(=O)c1ccccc1-2. The van der Waals surface area contributed by atoms with Crippen molar-refractivity contribution in [2.24, 2.45) is 5.18 Å². The molecule has 0 saturated carbocycles. The molecule has 76 valence electrons. The molecule has 0 amide bonds. The average Bonchev–Trinajstić information content (AvgIpc) is 2.64. The Bertz CT molecular complexity index is 617. The Hall–Kier alpha value is -2.29. The summed E-state index contributed by atoms with van der Waals surface area (Å²) in [6.07, 6.45) is 0. The normalized spacial score (nSPS) is 12.1. The van der Waals surface area contributed by atoms with E-state index in [1.165, 1.54) is 0 Å². The Balaban J connectivity index is 2.41. The molecule has 0 radical (unpaired) electrons. The molecule has 2 aromatic carbocycles. The van der Waals surface area contributed by atoms with Gasteiger partial charge in [0.25, 0.3) is 0 Å². The Kier molecular flexibility index (Phi) is 1.74. The van der Waals surface area contributed by atoms with E-state index in [1.807, 2.05) is 24.3 Å². The van der Waals surface area contributed by atoms with Crippen molar-refractivity contribution >= 4 is 11.5 Å². The zero-order valence-electron chi connectivity index (χ0n) is 8.31. The maximum atomic E-state index is 12.1. The molecule has 0 aliphatic heterocycles. The van der Waals surface area contributed by atoms with E-state index in [2.05, 4.69) is 5.18 Å². The number of hydrogen-bond donors (Lipinski definition) is 0. The molecule has 2 aromatic rings. The minimum atomic E-state index is -0.110. The third kappa shape index (κ3) is 0.997. The van der Waals surface area contributed by atoms with Crippen LogP contribution in [0.25, 0.3) is 11.1 Å². The van der Waals surface area contributed by atoms with Crippen LogP contribution in [0.2, 0.25) is 0 Å². The number of fused-ring (bicyclic) bond motifs is 3. The number of benzene rings is 2. The summed E-state index contributed by atoms with van der Waals surface area (Å²) in [5, 5.41) is 2.90. The second-order valence-corrected chi connectivity index (χ2v) is 3.67. The Morgan fingerprint density at radius 1 is 0.812 bits per heavy atom. The van der Waals surface area contributed by atoms with Gasteiger partial charge in [0.2, 0.25) is 0 Å². The fourth-order valence-electron chi connectivity index (χ4n) is 2.13. The molecule has 3 nitrogen and oxygen atoms in total. The van der Waals surface area contributed by atoms with Gasteiger partial charge in [-0.05, 0) is 22.4 Å². The van der Waals surface area contributed by atoms with Crippen molar-refractivity contribution in [3.63, 3.8) is 0 Å². The van der Waals surface area contributed by atoms with Crippen LogP contribution in [0.5, 0.6) is 0 Å². The molecule has 0 spiro atoms. The number of rotatable bonds is 1. The maximum Gasteiger partial charge on any atom is 0.196 e. The van der Waals surface area contributed by atoms with Crippen molar-refractivity contribution in [1.82, 2.24) is 0 Å². The molecule has 0 unspecified atom stereocenters. The number of carbonyl (C=O) groups is 1. The van der Waals surface area contributed by atoms with Gasteiger partial charge in [0.1, 0.15) is 5.69 Å². The number of hydrogen-bond acceptors (Lipinski definition) is 3. The molecule has 1 aliphatic carbocycles. The molecule has 0 fully saturated rings. The van der Waals surface area contributed by atoms with E-state index in [0.717, 1.165) is 11.1 Å². The summed E-state index contributed by atoms with van der Waals surface area (Å²) in [4.78, 5) is 22.7. The third-order valence-corrected chi connectivity index (χ3v) is 2.83. The predicted molar refractivity (Wildman–Crippen MR) is 60.8 cm³/mol. The van der Waals surface area contributed by atoms with Crippen LogP contribution in [0.3, 0.4) is 0 Å². The second kappa shape index (κ2) is 3.10. The summed E-state index contributed by atoms with van der Waals surface area (Å²) in [6.45, 7) is 0. The third-order valence-electron chi connectivity index (χ3n) is 2.83. The quantitative estimate of drug-likeness (QED) is 0.577. The molecule has 0 aromatic heterocycles. The highest BCUT2D eigenvalue weighted by atomic mass is 16.3. The van der Waals surface area contributed by atoms with Crippen LogP contribution in [0.4, 0.5) is 5.69 Å². The van der Waals surface area contributed by atoms with E-state index >= 15 is 0 Å². The van der Waals surface area contributed by atoms with Gasteiger partial charge in [-0.2, -0.15) is 0 Å². The van der Waals surface area contributed by atoms with Crippen LogP contribution in [-0.2, 0) is 0 Å². The molecule has 3 heteroatoms. The van der Waals surface area contributed by atoms with Gasteiger partial charge in [0.15, 0.2) is 5.78 Å².